The largest absolute Gasteiger partial charge is 0.496 e. The first kappa shape index (κ1) is 16.1. The Hall–Kier alpha value is -1.26. The van der Waals surface area contributed by atoms with Crippen molar-refractivity contribution in [2.75, 3.05) is 45.9 Å². The summed E-state index contributed by atoms with van der Waals surface area (Å²) in [5, 5.41) is 3.32. The van der Waals surface area contributed by atoms with Crippen molar-refractivity contribution in [3.8, 4) is 5.75 Å². The summed E-state index contributed by atoms with van der Waals surface area (Å²) >= 11 is 0. The van der Waals surface area contributed by atoms with Crippen molar-refractivity contribution >= 4 is 5.69 Å². The third kappa shape index (κ3) is 3.89. The maximum absolute atomic E-state index is 5.60. The van der Waals surface area contributed by atoms with Gasteiger partial charge in [0.25, 0.3) is 0 Å². The van der Waals surface area contributed by atoms with Crippen LogP contribution in [0.15, 0.2) is 18.2 Å². The summed E-state index contributed by atoms with van der Waals surface area (Å²) < 4.78 is 11.2. The fourth-order valence-corrected chi connectivity index (χ4v) is 3.06. The molecule has 0 spiro atoms. The average Bonchev–Trinajstić information content (AvgIpc) is 2.54. The maximum atomic E-state index is 5.60. The molecule has 2 unspecified atom stereocenters. The Morgan fingerprint density at radius 2 is 2.29 bits per heavy atom. The van der Waals surface area contributed by atoms with Crippen molar-refractivity contribution in [3.05, 3.63) is 23.8 Å². The van der Waals surface area contributed by atoms with Crippen LogP contribution >= 0.6 is 0 Å². The zero-order valence-corrected chi connectivity index (χ0v) is 13.7. The zero-order valence-electron chi connectivity index (χ0n) is 13.7. The van der Waals surface area contributed by atoms with Crippen LogP contribution in [0.1, 0.15) is 31.4 Å². The first-order valence-corrected chi connectivity index (χ1v) is 7.80. The van der Waals surface area contributed by atoms with Crippen molar-refractivity contribution in [3.63, 3.8) is 0 Å². The number of ether oxygens (including phenoxy) is 2. The van der Waals surface area contributed by atoms with Crippen LogP contribution in [0.5, 0.6) is 5.75 Å². The van der Waals surface area contributed by atoms with E-state index in [1.807, 2.05) is 13.1 Å². The Balaban J connectivity index is 2.20. The lowest BCUT2D eigenvalue weighted by Gasteiger charge is -2.31. The molecule has 1 aromatic carbocycles. The van der Waals surface area contributed by atoms with Gasteiger partial charge in [-0.3, -0.25) is 0 Å². The van der Waals surface area contributed by atoms with Gasteiger partial charge in [-0.25, -0.2) is 0 Å². The summed E-state index contributed by atoms with van der Waals surface area (Å²) in [7, 11) is 5.88. The molecular weight excluding hydrogens is 264 g/mol. The average molecular weight is 292 g/mol. The number of hydrogen-bond donors (Lipinski definition) is 1. The summed E-state index contributed by atoms with van der Waals surface area (Å²) in [6.45, 7) is 4.99. The van der Waals surface area contributed by atoms with E-state index in [9.17, 15) is 0 Å². The Kier molecular flexibility index (Phi) is 5.88. The van der Waals surface area contributed by atoms with Crippen LogP contribution in [0, 0.1) is 5.92 Å². The molecule has 21 heavy (non-hydrogen) atoms. The second-order valence-electron chi connectivity index (χ2n) is 5.87. The first-order valence-electron chi connectivity index (χ1n) is 7.80. The number of benzene rings is 1. The van der Waals surface area contributed by atoms with E-state index in [1.165, 1.54) is 24.1 Å². The molecule has 0 aliphatic carbocycles. The second kappa shape index (κ2) is 7.66. The number of rotatable bonds is 6. The van der Waals surface area contributed by atoms with Crippen LogP contribution in [-0.2, 0) is 4.74 Å². The topological polar surface area (TPSA) is 33.7 Å². The van der Waals surface area contributed by atoms with Crippen LogP contribution in [0.3, 0.4) is 0 Å². The molecule has 0 saturated carbocycles. The highest BCUT2D eigenvalue weighted by molar-refractivity contribution is 5.60. The fraction of sp³-hybridized carbons (Fsp3) is 0.647. The molecule has 0 amide bonds. The molecule has 1 aliphatic rings. The molecule has 2 rings (SSSR count). The highest BCUT2D eigenvalue weighted by atomic mass is 16.5. The van der Waals surface area contributed by atoms with Crippen molar-refractivity contribution < 1.29 is 9.47 Å². The summed E-state index contributed by atoms with van der Waals surface area (Å²) in [5.41, 5.74) is 2.46. The van der Waals surface area contributed by atoms with Gasteiger partial charge in [0.15, 0.2) is 0 Å². The van der Waals surface area contributed by atoms with Gasteiger partial charge in [-0.1, -0.05) is 6.07 Å². The van der Waals surface area contributed by atoms with Gasteiger partial charge in [-0.15, -0.1) is 0 Å². The minimum atomic E-state index is 0.251. The van der Waals surface area contributed by atoms with Crippen molar-refractivity contribution in [2.45, 2.75) is 25.8 Å². The van der Waals surface area contributed by atoms with Crippen molar-refractivity contribution in [2.24, 2.45) is 5.92 Å². The summed E-state index contributed by atoms with van der Waals surface area (Å²) in [5.74, 6) is 1.56. The van der Waals surface area contributed by atoms with Gasteiger partial charge in [0.2, 0.25) is 0 Å². The summed E-state index contributed by atoms with van der Waals surface area (Å²) in [6.07, 6.45) is 2.43. The molecule has 2 atom stereocenters. The molecule has 1 saturated heterocycles. The summed E-state index contributed by atoms with van der Waals surface area (Å²) in [4.78, 5) is 2.34. The monoisotopic (exact) mass is 292 g/mol. The quantitative estimate of drug-likeness (QED) is 0.874. The minimum absolute atomic E-state index is 0.251. The van der Waals surface area contributed by atoms with Crippen LogP contribution in [0.25, 0.3) is 0 Å². The van der Waals surface area contributed by atoms with E-state index in [0.29, 0.717) is 5.92 Å². The Morgan fingerprint density at radius 1 is 1.48 bits per heavy atom. The first-order chi connectivity index (χ1) is 10.2. The van der Waals surface area contributed by atoms with Crippen LogP contribution in [0.2, 0.25) is 0 Å². The predicted octanol–water partition coefficient (Wildman–Crippen LogP) is 2.84. The third-order valence-electron chi connectivity index (χ3n) is 4.33. The summed E-state index contributed by atoms with van der Waals surface area (Å²) in [6, 6.07) is 6.52. The van der Waals surface area contributed by atoms with Crippen LogP contribution < -0.4 is 15.0 Å². The van der Waals surface area contributed by atoms with Crippen LogP contribution in [-0.4, -0.2) is 41.0 Å². The lowest BCUT2D eigenvalue weighted by atomic mass is 9.99. The maximum Gasteiger partial charge on any atom is 0.125 e. The minimum Gasteiger partial charge on any atom is -0.496 e. The smallest absolute Gasteiger partial charge is 0.125 e. The molecule has 0 radical (unpaired) electrons. The van der Waals surface area contributed by atoms with E-state index in [4.69, 9.17) is 9.47 Å². The van der Waals surface area contributed by atoms with E-state index >= 15 is 0 Å². The lowest BCUT2D eigenvalue weighted by molar-refractivity contribution is 0.0576. The lowest BCUT2D eigenvalue weighted by Crippen LogP contribution is -2.32. The standard InChI is InChI=1S/C17H28N2O2/c1-13(18-2)17-15(8-5-9-16(17)20-4)19(3)11-14-7-6-10-21-12-14/h5,8-9,13-14,18H,6-7,10-12H2,1-4H3. The molecular formula is C17H28N2O2. The van der Waals surface area contributed by atoms with E-state index in [1.54, 1.807) is 7.11 Å². The van der Waals surface area contributed by atoms with Gasteiger partial charge < -0.3 is 19.7 Å². The van der Waals surface area contributed by atoms with Gasteiger partial charge in [0, 0.05) is 37.5 Å². The van der Waals surface area contributed by atoms with E-state index < -0.39 is 0 Å². The predicted molar refractivity (Wildman–Crippen MR) is 87.3 cm³/mol. The van der Waals surface area contributed by atoms with Crippen molar-refractivity contribution in [1.29, 1.82) is 0 Å². The Labute approximate surface area is 128 Å². The number of hydrogen-bond acceptors (Lipinski definition) is 4. The molecule has 0 bridgehead atoms. The molecule has 1 heterocycles. The molecule has 4 heteroatoms. The van der Waals surface area contributed by atoms with Crippen molar-refractivity contribution in [1.82, 2.24) is 5.32 Å². The highest BCUT2D eigenvalue weighted by Crippen LogP contribution is 2.34. The molecule has 118 valence electrons. The molecule has 1 N–H and O–H groups in total. The van der Waals surface area contributed by atoms with Gasteiger partial charge in [0.05, 0.1) is 13.7 Å². The van der Waals surface area contributed by atoms with Gasteiger partial charge >= 0.3 is 0 Å². The number of methoxy groups -OCH3 is 1. The molecule has 4 nitrogen and oxygen atoms in total. The van der Waals surface area contributed by atoms with Gasteiger partial charge in [-0.2, -0.15) is 0 Å². The van der Waals surface area contributed by atoms with E-state index in [2.05, 4.69) is 36.3 Å². The number of anilines is 1. The van der Waals surface area contributed by atoms with Gasteiger partial charge in [0.1, 0.15) is 5.75 Å². The third-order valence-corrected chi connectivity index (χ3v) is 4.33. The molecule has 1 fully saturated rings. The molecule has 1 aromatic rings. The number of nitrogens with zero attached hydrogens (tertiary/aromatic N) is 1. The van der Waals surface area contributed by atoms with E-state index in [-0.39, 0.29) is 6.04 Å². The molecule has 1 aliphatic heterocycles. The zero-order chi connectivity index (χ0) is 15.2. The number of nitrogens with one attached hydrogen (secondary N) is 1. The Bertz CT molecular complexity index is 444. The van der Waals surface area contributed by atoms with E-state index in [0.717, 1.165) is 25.5 Å². The Morgan fingerprint density at radius 3 is 2.90 bits per heavy atom. The normalized spacial score (nSPS) is 20.1. The van der Waals surface area contributed by atoms with Gasteiger partial charge in [-0.05, 0) is 44.9 Å². The SMILES string of the molecule is CNC(C)c1c(OC)cccc1N(C)CC1CCCOC1. The van der Waals surface area contributed by atoms with Crippen LogP contribution in [0.4, 0.5) is 5.69 Å². The second-order valence-corrected chi connectivity index (χ2v) is 5.87. The fourth-order valence-electron chi connectivity index (χ4n) is 3.06. The molecule has 0 aromatic heterocycles. The highest BCUT2D eigenvalue weighted by Gasteiger charge is 2.21.